The van der Waals surface area contributed by atoms with E-state index in [1.165, 1.54) is 0 Å². The van der Waals surface area contributed by atoms with Gasteiger partial charge in [-0.25, -0.2) is 0 Å². The highest BCUT2D eigenvalue weighted by molar-refractivity contribution is 5.24. The van der Waals surface area contributed by atoms with Gasteiger partial charge >= 0.3 is 0 Å². The van der Waals surface area contributed by atoms with Gasteiger partial charge in [0, 0.05) is 12.0 Å². The van der Waals surface area contributed by atoms with Crippen LogP contribution in [0.1, 0.15) is 39.4 Å². The fourth-order valence-corrected chi connectivity index (χ4v) is 0.855. The third kappa shape index (κ3) is 2.22. The van der Waals surface area contributed by atoms with Crippen molar-refractivity contribution < 1.29 is 0 Å². The third-order valence-corrected chi connectivity index (χ3v) is 1.47. The number of nitrogens with zero attached hydrogens (tertiary/aromatic N) is 2. The molecule has 12 heavy (non-hydrogen) atoms. The van der Waals surface area contributed by atoms with Gasteiger partial charge in [0.25, 0.3) is 0 Å². The highest BCUT2D eigenvalue weighted by Gasteiger charge is 2.06. The highest BCUT2D eigenvalue weighted by Crippen LogP contribution is 2.09. The molecular weight excluding hydrogens is 152 g/mol. The molecule has 0 aromatic carbocycles. The Hall–Kier alpha value is -1.06. The molecule has 2 N–H and O–H groups in total. The van der Waals surface area contributed by atoms with Crippen LogP contribution < -0.4 is 5.32 Å². The molecule has 0 amide bonds. The van der Waals surface area contributed by atoms with Crippen LogP contribution in [0.15, 0.2) is 0 Å². The van der Waals surface area contributed by atoms with Crippen molar-refractivity contribution in [3.8, 4) is 0 Å². The smallest absolute Gasteiger partial charge is 0.242 e. The lowest BCUT2D eigenvalue weighted by Gasteiger charge is -2.03. The largest absolute Gasteiger partial charge is 0.351 e. The third-order valence-electron chi connectivity index (χ3n) is 1.47. The molecule has 0 fully saturated rings. The molecule has 1 aromatic rings. The van der Waals surface area contributed by atoms with Gasteiger partial charge in [-0.2, -0.15) is 4.98 Å². The second-order valence-corrected chi connectivity index (χ2v) is 3.50. The van der Waals surface area contributed by atoms with Crippen molar-refractivity contribution in [3.05, 3.63) is 5.82 Å². The normalized spacial score (nSPS) is 11.2. The molecule has 0 aliphatic heterocycles. The Morgan fingerprint density at radius 1 is 1.25 bits per heavy atom. The summed E-state index contributed by atoms with van der Waals surface area (Å²) in [5, 5.41) is 10.0. The molecule has 4 nitrogen and oxygen atoms in total. The lowest BCUT2D eigenvalue weighted by molar-refractivity contribution is 0.781. The van der Waals surface area contributed by atoms with Gasteiger partial charge in [-0.05, 0) is 13.8 Å². The molecule has 1 heterocycles. The Balaban J connectivity index is 2.64. The molecule has 0 saturated carbocycles. The lowest BCUT2D eigenvalue weighted by Crippen LogP contribution is -2.10. The molecule has 0 bridgehead atoms. The number of aromatic nitrogens is 3. The van der Waals surface area contributed by atoms with Gasteiger partial charge in [-0.3, -0.25) is 5.10 Å². The summed E-state index contributed by atoms with van der Waals surface area (Å²) in [6.45, 7) is 8.29. The topological polar surface area (TPSA) is 53.6 Å². The highest BCUT2D eigenvalue weighted by atomic mass is 15.3. The fourth-order valence-electron chi connectivity index (χ4n) is 0.855. The van der Waals surface area contributed by atoms with Crippen molar-refractivity contribution in [3.63, 3.8) is 0 Å². The molecule has 1 aromatic heterocycles. The van der Waals surface area contributed by atoms with Gasteiger partial charge in [-0.15, -0.1) is 5.10 Å². The number of H-pyrrole nitrogens is 1. The van der Waals surface area contributed by atoms with Crippen LogP contribution in [0.25, 0.3) is 0 Å². The van der Waals surface area contributed by atoms with E-state index in [0.717, 1.165) is 5.82 Å². The predicted octanol–water partition coefficient (Wildman–Crippen LogP) is 1.75. The van der Waals surface area contributed by atoms with Crippen LogP contribution >= 0.6 is 0 Å². The first-order valence-electron chi connectivity index (χ1n) is 4.28. The minimum Gasteiger partial charge on any atom is -0.351 e. The first kappa shape index (κ1) is 9.03. The first-order valence-corrected chi connectivity index (χ1v) is 4.28. The molecule has 0 atom stereocenters. The van der Waals surface area contributed by atoms with Crippen molar-refractivity contribution >= 4 is 5.95 Å². The summed E-state index contributed by atoms with van der Waals surface area (Å²) in [5.74, 6) is 2.02. The quantitative estimate of drug-likeness (QED) is 0.723. The van der Waals surface area contributed by atoms with E-state index in [0.29, 0.717) is 17.9 Å². The summed E-state index contributed by atoms with van der Waals surface area (Å²) in [4.78, 5) is 4.27. The maximum atomic E-state index is 4.27. The van der Waals surface area contributed by atoms with Gasteiger partial charge in [0.2, 0.25) is 5.95 Å². The summed E-state index contributed by atoms with van der Waals surface area (Å²) >= 11 is 0. The summed E-state index contributed by atoms with van der Waals surface area (Å²) in [5.41, 5.74) is 0. The SMILES string of the molecule is CC(C)Nc1n[nH]c(C(C)C)n1. The number of rotatable bonds is 3. The van der Waals surface area contributed by atoms with Crippen LogP contribution in [0.5, 0.6) is 0 Å². The van der Waals surface area contributed by atoms with Gasteiger partial charge in [0.15, 0.2) is 0 Å². The minimum absolute atomic E-state index is 0.376. The van der Waals surface area contributed by atoms with Gasteiger partial charge in [0.05, 0.1) is 0 Å². The first-order chi connectivity index (χ1) is 5.59. The number of nitrogens with one attached hydrogen (secondary N) is 2. The predicted molar refractivity (Wildman–Crippen MR) is 49.2 cm³/mol. The standard InChI is InChI=1S/C8H16N4/c1-5(2)7-10-8(12-11-7)9-6(3)4/h5-6H,1-4H3,(H2,9,10,11,12). The summed E-state index contributed by atoms with van der Waals surface area (Å²) < 4.78 is 0. The van der Waals surface area contributed by atoms with E-state index in [1.54, 1.807) is 0 Å². The van der Waals surface area contributed by atoms with Crippen molar-refractivity contribution in [2.75, 3.05) is 5.32 Å². The van der Waals surface area contributed by atoms with Crippen LogP contribution in [0.2, 0.25) is 0 Å². The van der Waals surface area contributed by atoms with E-state index in [4.69, 9.17) is 0 Å². The average molecular weight is 168 g/mol. The molecule has 4 heteroatoms. The van der Waals surface area contributed by atoms with Crippen LogP contribution in [0, 0.1) is 0 Å². The summed E-state index contributed by atoms with van der Waals surface area (Å²) in [6.07, 6.45) is 0. The van der Waals surface area contributed by atoms with E-state index in [-0.39, 0.29) is 0 Å². The van der Waals surface area contributed by atoms with Gasteiger partial charge in [0.1, 0.15) is 5.82 Å². The number of hydrogen-bond donors (Lipinski definition) is 2. The zero-order chi connectivity index (χ0) is 9.14. The summed E-state index contributed by atoms with van der Waals surface area (Å²) in [7, 11) is 0. The molecule has 0 aliphatic carbocycles. The second-order valence-electron chi connectivity index (χ2n) is 3.50. The van der Waals surface area contributed by atoms with Crippen LogP contribution in [0.4, 0.5) is 5.95 Å². The molecule has 0 radical (unpaired) electrons. The Bertz CT molecular complexity index is 239. The molecule has 1 rings (SSSR count). The maximum absolute atomic E-state index is 4.27. The molecule has 0 saturated heterocycles. The fraction of sp³-hybridized carbons (Fsp3) is 0.750. The van der Waals surface area contributed by atoms with Crippen molar-refractivity contribution in [2.45, 2.75) is 39.7 Å². The van der Waals surface area contributed by atoms with Crippen LogP contribution in [-0.4, -0.2) is 21.2 Å². The van der Waals surface area contributed by atoms with Crippen molar-refractivity contribution in [1.29, 1.82) is 0 Å². The van der Waals surface area contributed by atoms with E-state index in [2.05, 4.69) is 48.2 Å². The zero-order valence-electron chi connectivity index (χ0n) is 8.05. The van der Waals surface area contributed by atoms with Crippen molar-refractivity contribution in [2.24, 2.45) is 0 Å². The summed E-state index contributed by atoms with van der Waals surface area (Å²) in [6, 6.07) is 0.376. The molecule has 68 valence electrons. The van der Waals surface area contributed by atoms with Crippen molar-refractivity contribution in [1.82, 2.24) is 15.2 Å². The minimum atomic E-state index is 0.376. The number of aromatic amines is 1. The Morgan fingerprint density at radius 2 is 1.92 bits per heavy atom. The lowest BCUT2D eigenvalue weighted by atomic mass is 10.2. The monoisotopic (exact) mass is 168 g/mol. The Labute approximate surface area is 72.8 Å². The zero-order valence-corrected chi connectivity index (χ0v) is 8.05. The molecule has 0 aliphatic rings. The average Bonchev–Trinajstić information content (AvgIpc) is 2.34. The Kier molecular flexibility index (Phi) is 2.68. The molecule has 0 spiro atoms. The molecule has 0 unspecified atom stereocenters. The van der Waals surface area contributed by atoms with E-state index >= 15 is 0 Å². The van der Waals surface area contributed by atoms with Gasteiger partial charge < -0.3 is 5.32 Å². The maximum Gasteiger partial charge on any atom is 0.242 e. The number of hydrogen-bond acceptors (Lipinski definition) is 3. The van der Waals surface area contributed by atoms with Crippen LogP contribution in [-0.2, 0) is 0 Å². The number of anilines is 1. The van der Waals surface area contributed by atoms with E-state index in [9.17, 15) is 0 Å². The van der Waals surface area contributed by atoms with E-state index < -0.39 is 0 Å². The van der Waals surface area contributed by atoms with Gasteiger partial charge in [-0.1, -0.05) is 13.8 Å². The van der Waals surface area contributed by atoms with E-state index in [1.807, 2.05) is 0 Å². The second kappa shape index (κ2) is 3.56. The Morgan fingerprint density at radius 3 is 2.33 bits per heavy atom. The van der Waals surface area contributed by atoms with Crippen LogP contribution in [0.3, 0.4) is 0 Å². The molecular formula is C8H16N4.